The highest BCUT2D eigenvalue weighted by atomic mass is 19.1. The minimum atomic E-state index is -0.680. The molecule has 5 rings (SSSR count). The quantitative estimate of drug-likeness (QED) is 0.343. The zero-order chi connectivity index (χ0) is 22.8. The third-order valence-corrected chi connectivity index (χ3v) is 5.14. The first kappa shape index (κ1) is 20.5. The summed E-state index contributed by atoms with van der Waals surface area (Å²) < 4.78 is 33.0. The molecule has 0 aliphatic rings. The number of anilines is 2. The van der Waals surface area contributed by atoms with E-state index in [1.807, 2.05) is 48.5 Å². The molecule has 2 aromatic heterocycles. The van der Waals surface area contributed by atoms with Gasteiger partial charge in [0.2, 0.25) is 0 Å². The van der Waals surface area contributed by atoms with E-state index in [2.05, 4.69) is 20.3 Å². The van der Waals surface area contributed by atoms with Crippen LogP contribution in [-0.4, -0.2) is 22.1 Å². The lowest BCUT2D eigenvalue weighted by atomic mass is 10.0. The molecule has 5 nitrogen and oxygen atoms in total. The third kappa shape index (κ3) is 4.34. The van der Waals surface area contributed by atoms with Gasteiger partial charge in [0.25, 0.3) is 0 Å². The highest BCUT2D eigenvalue weighted by Gasteiger charge is 2.13. The minimum Gasteiger partial charge on any atom is -0.497 e. The molecule has 0 spiro atoms. The van der Waals surface area contributed by atoms with Gasteiger partial charge in [-0.3, -0.25) is 4.98 Å². The summed E-state index contributed by atoms with van der Waals surface area (Å²) in [4.78, 5) is 13.5. The van der Waals surface area contributed by atoms with Crippen LogP contribution in [-0.2, 0) is 0 Å². The SMILES string of the molecule is COc1cccc(-c2ccc3nc(-c4cccnc4)nc(Nc4cc(F)cc(F)c4)c3c2)c1. The smallest absolute Gasteiger partial charge is 0.163 e. The Kier molecular flexibility index (Phi) is 5.36. The van der Waals surface area contributed by atoms with Gasteiger partial charge in [-0.1, -0.05) is 18.2 Å². The molecule has 0 saturated carbocycles. The fraction of sp³-hybridized carbons (Fsp3) is 0.0385. The fourth-order valence-electron chi connectivity index (χ4n) is 3.59. The van der Waals surface area contributed by atoms with Crippen LogP contribution in [0, 0.1) is 11.6 Å². The van der Waals surface area contributed by atoms with Crippen LogP contribution >= 0.6 is 0 Å². The van der Waals surface area contributed by atoms with E-state index in [9.17, 15) is 8.78 Å². The van der Waals surface area contributed by atoms with E-state index in [4.69, 9.17) is 4.74 Å². The van der Waals surface area contributed by atoms with Gasteiger partial charge in [-0.2, -0.15) is 0 Å². The number of rotatable bonds is 5. The van der Waals surface area contributed by atoms with Crippen molar-refractivity contribution in [3.8, 4) is 28.3 Å². The Morgan fingerprint density at radius 2 is 1.58 bits per heavy atom. The van der Waals surface area contributed by atoms with Gasteiger partial charge in [0.1, 0.15) is 23.2 Å². The van der Waals surface area contributed by atoms with E-state index < -0.39 is 11.6 Å². The Bertz CT molecular complexity index is 1440. The van der Waals surface area contributed by atoms with Gasteiger partial charge in [0.05, 0.1) is 12.6 Å². The first-order valence-corrected chi connectivity index (χ1v) is 10.2. The molecule has 33 heavy (non-hydrogen) atoms. The Morgan fingerprint density at radius 1 is 0.788 bits per heavy atom. The normalized spacial score (nSPS) is 10.9. The van der Waals surface area contributed by atoms with Crippen molar-refractivity contribution in [1.29, 1.82) is 0 Å². The highest BCUT2D eigenvalue weighted by molar-refractivity contribution is 5.95. The van der Waals surface area contributed by atoms with E-state index in [1.54, 1.807) is 25.6 Å². The van der Waals surface area contributed by atoms with Crippen LogP contribution in [0.2, 0.25) is 0 Å². The van der Waals surface area contributed by atoms with E-state index >= 15 is 0 Å². The first-order valence-electron chi connectivity index (χ1n) is 10.2. The van der Waals surface area contributed by atoms with Crippen molar-refractivity contribution in [2.24, 2.45) is 0 Å². The maximum atomic E-state index is 13.8. The average Bonchev–Trinajstić information content (AvgIpc) is 2.83. The molecule has 5 aromatic rings. The lowest BCUT2D eigenvalue weighted by Crippen LogP contribution is -2.00. The number of fused-ring (bicyclic) bond motifs is 1. The molecule has 0 radical (unpaired) electrons. The van der Waals surface area contributed by atoms with Crippen molar-refractivity contribution in [3.63, 3.8) is 0 Å². The van der Waals surface area contributed by atoms with Crippen molar-refractivity contribution >= 4 is 22.4 Å². The molecule has 0 saturated heterocycles. The lowest BCUT2D eigenvalue weighted by molar-refractivity contribution is 0.415. The summed E-state index contributed by atoms with van der Waals surface area (Å²) in [6.45, 7) is 0. The zero-order valence-corrected chi connectivity index (χ0v) is 17.6. The molecule has 0 atom stereocenters. The number of methoxy groups -OCH3 is 1. The van der Waals surface area contributed by atoms with Crippen LogP contribution in [0.4, 0.5) is 20.3 Å². The highest BCUT2D eigenvalue weighted by Crippen LogP contribution is 2.32. The van der Waals surface area contributed by atoms with Crippen LogP contribution in [0.3, 0.4) is 0 Å². The minimum absolute atomic E-state index is 0.247. The van der Waals surface area contributed by atoms with E-state index in [1.165, 1.54) is 12.1 Å². The van der Waals surface area contributed by atoms with E-state index in [0.29, 0.717) is 22.5 Å². The maximum absolute atomic E-state index is 13.8. The number of nitrogens with one attached hydrogen (secondary N) is 1. The third-order valence-electron chi connectivity index (χ3n) is 5.14. The summed E-state index contributed by atoms with van der Waals surface area (Å²) in [7, 11) is 1.62. The molecule has 7 heteroatoms. The molecule has 3 aromatic carbocycles. The summed E-state index contributed by atoms with van der Waals surface area (Å²) in [6, 6.07) is 20.4. The summed E-state index contributed by atoms with van der Waals surface area (Å²) in [5.41, 5.74) is 3.53. The standard InChI is InChI=1S/C26H18F2N4O/c1-33-22-6-2-4-16(10-22)17-7-8-24-23(11-17)26(30-21-13-19(27)12-20(28)14-21)32-25(31-24)18-5-3-9-29-15-18/h2-15H,1H3,(H,30,31,32). The Hall–Kier alpha value is -4.39. The molecule has 0 amide bonds. The number of nitrogens with zero attached hydrogens (tertiary/aromatic N) is 3. The van der Waals surface area contributed by atoms with Crippen LogP contribution in [0.15, 0.2) is 85.2 Å². The monoisotopic (exact) mass is 440 g/mol. The van der Waals surface area contributed by atoms with Crippen LogP contribution in [0.25, 0.3) is 33.4 Å². The molecule has 0 aliphatic heterocycles. The molecule has 2 heterocycles. The van der Waals surface area contributed by atoms with Crippen molar-refractivity contribution in [1.82, 2.24) is 15.0 Å². The van der Waals surface area contributed by atoms with Crippen molar-refractivity contribution in [3.05, 3.63) is 96.8 Å². The van der Waals surface area contributed by atoms with E-state index in [0.717, 1.165) is 28.5 Å². The largest absolute Gasteiger partial charge is 0.497 e. The second-order valence-corrected chi connectivity index (χ2v) is 7.38. The van der Waals surface area contributed by atoms with Crippen molar-refractivity contribution < 1.29 is 13.5 Å². The molecular formula is C26H18F2N4O. The van der Waals surface area contributed by atoms with Crippen molar-refractivity contribution in [2.75, 3.05) is 12.4 Å². The number of pyridine rings is 1. The van der Waals surface area contributed by atoms with Crippen LogP contribution in [0.5, 0.6) is 5.75 Å². The number of halogens is 2. The predicted octanol–water partition coefficient (Wildman–Crippen LogP) is 6.39. The Morgan fingerprint density at radius 3 is 2.33 bits per heavy atom. The Labute approximate surface area is 188 Å². The van der Waals surface area contributed by atoms with Gasteiger partial charge < -0.3 is 10.1 Å². The number of hydrogen-bond donors (Lipinski definition) is 1. The summed E-state index contributed by atoms with van der Waals surface area (Å²) in [5.74, 6) is 0.253. The second kappa shape index (κ2) is 8.63. The fourth-order valence-corrected chi connectivity index (χ4v) is 3.59. The van der Waals surface area contributed by atoms with Crippen LogP contribution in [0.1, 0.15) is 0 Å². The molecule has 0 unspecified atom stereocenters. The number of aromatic nitrogens is 3. The van der Waals surface area contributed by atoms with Gasteiger partial charge in [-0.05, 0) is 59.7 Å². The molecule has 162 valence electrons. The van der Waals surface area contributed by atoms with Gasteiger partial charge >= 0.3 is 0 Å². The first-order chi connectivity index (χ1) is 16.1. The molecular weight excluding hydrogens is 422 g/mol. The second-order valence-electron chi connectivity index (χ2n) is 7.38. The molecule has 0 aliphatic carbocycles. The van der Waals surface area contributed by atoms with Gasteiger partial charge in [0.15, 0.2) is 5.82 Å². The van der Waals surface area contributed by atoms with Gasteiger partial charge in [-0.25, -0.2) is 18.7 Å². The summed E-state index contributed by atoms with van der Waals surface area (Å²) in [5, 5.41) is 3.77. The summed E-state index contributed by atoms with van der Waals surface area (Å²) >= 11 is 0. The lowest BCUT2D eigenvalue weighted by Gasteiger charge is -2.13. The van der Waals surface area contributed by atoms with Gasteiger partial charge in [-0.15, -0.1) is 0 Å². The van der Waals surface area contributed by atoms with Crippen molar-refractivity contribution in [2.45, 2.75) is 0 Å². The Balaban J connectivity index is 1.68. The molecule has 0 fully saturated rings. The maximum Gasteiger partial charge on any atom is 0.163 e. The van der Waals surface area contributed by atoms with E-state index in [-0.39, 0.29) is 5.69 Å². The number of hydrogen-bond acceptors (Lipinski definition) is 5. The average molecular weight is 440 g/mol. The molecule has 0 bridgehead atoms. The van der Waals surface area contributed by atoms with Crippen LogP contribution < -0.4 is 10.1 Å². The number of ether oxygens (including phenoxy) is 1. The zero-order valence-electron chi connectivity index (χ0n) is 17.6. The van der Waals surface area contributed by atoms with Gasteiger partial charge in [0, 0.05) is 35.1 Å². The number of benzene rings is 3. The molecule has 1 N–H and O–H groups in total. The topological polar surface area (TPSA) is 59.9 Å². The predicted molar refractivity (Wildman–Crippen MR) is 124 cm³/mol. The summed E-state index contributed by atoms with van der Waals surface area (Å²) in [6.07, 6.45) is 3.33.